The molecule has 0 bridgehead atoms. The first kappa shape index (κ1) is 12.8. The zero-order chi connectivity index (χ0) is 13.0. The van der Waals surface area contributed by atoms with Crippen LogP contribution in [0.1, 0.15) is 28.8 Å². The van der Waals surface area contributed by atoms with Gasteiger partial charge in [0.05, 0.1) is 0 Å². The molecule has 0 saturated carbocycles. The molecule has 1 amide bonds. The lowest BCUT2D eigenvalue weighted by molar-refractivity contribution is 0.0954. The normalized spacial score (nSPS) is 16.4. The van der Waals surface area contributed by atoms with Gasteiger partial charge in [-0.15, -0.1) is 0 Å². The minimum Gasteiger partial charge on any atom is -0.306 e. The largest absolute Gasteiger partial charge is 0.306 e. The van der Waals surface area contributed by atoms with E-state index >= 15 is 0 Å². The minimum atomic E-state index is -0.134. The number of benzene rings is 1. The van der Waals surface area contributed by atoms with Crippen LogP contribution < -0.4 is 5.43 Å². The third-order valence-corrected chi connectivity index (χ3v) is 3.16. The Labute approximate surface area is 108 Å². The van der Waals surface area contributed by atoms with Crippen LogP contribution in [0.2, 0.25) is 0 Å². The van der Waals surface area contributed by atoms with Crippen LogP contribution in [0, 0.1) is 6.92 Å². The van der Waals surface area contributed by atoms with Crippen LogP contribution in [0.3, 0.4) is 0 Å². The van der Waals surface area contributed by atoms with Crippen molar-refractivity contribution in [3.8, 4) is 0 Å². The number of carbonyl (C=O) groups excluding carboxylic acids is 1. The van der Waals surface area contributed by atoms with E-state index in [1.165, 1.54) is 0 Å². The van der Waals surface area contributed by atoms with Crippen LogP contribution in [0.5, 0.6) is 0 Å². The summed E-state index contributed by atoms with van der Waals surface area (Å²) in [6, 6.07) is 7.52. The third-order valence-electron chi connectivity index (χ3n) is 3.16. The predicted molar refractivity (Wildman–Crippen MR) is 72.8 cm³/mol. The molecular formula is C14H19N3O. The van der Waals surface area contributed by atoms with Crippen molar-refractivity contribution in [2.45, 2.75) is 19.8 Å². The molecular weight excluding hydrogens is 226 g/mol. The van der Waals surface area contributed by atoms with Crippen LogP contribution in [0.4, 0.5) is 0 Å². The molecule has 0 radical (unpaired) electrons. The van der Waals surface area contributed by atoms with Crippen molar-refractivity contribution < 1.29 is 4.79 Å². The number of aryl methyl sites for hydroxylation is 1. The summed E-state index contributed by atoms with van der Waals surface area (Å²) in [4.78, 5) is 14.1. The Balaban J connectivity index is 1.94. The van der Waals surface area contributed by atoms with Crippen molar-refractivity contribution in [3.63, 3.8) is 0 Å². The van der Waals surface area contributed by atoms with Crippen molar-refractivity contribution in [3.05, 3.63) is 35.4 Å². The lowest BCUT2D eigenvalue weighted by Crippen LogP contribution is -2.32. The van der Waals surface area contributed by atoms with Crippen LogP contribution >= 0.6 is 0 Å². The second kappa shape index (κ2) is 5.78. The van der Waals surface area contributed by atoms with E-state index in [2.05, 4.69) is 22.5 Å². The maximum atomic E-state index is 11.9. The van der Waals surface area contributed by atoms with E-state index in [4.69, 9.17) is 0 Å². The van der Waals surface area contributed by atoms with E-state index in [1.807, 2.05) is 25.1 Å². The molecule has 1 aliphatic rings. The highest BCUT2D eigenvalue weighted by atomic mass is 16.2. The van der Waals surface area contributed by atoms with Gasteiger partial charge >= 0.3 is 0 Å². The van der Waals surface area contributed by atoms with Gasteiger partial charge in [0.2, 0.25) is 0 Å². The van der Waals surface area contributed by atoms with E-state index < -0.39 is 0 Å². The highest BCUT2D eigenvalue weighted by Crippen LogP contribution is 2.06. The number of hydrogen-bond acceptors (Lipinski definition) is 3. The van der Waals surface area contributed by atoms with Crippen LogP contribution in [-0.2, 0) is 0 Å². The molecule has 1 aromatic rings. The predicted octanol–water partition coefficient (Wildman–Crippen LogP) is 1.81. The lowest BCUT2D eigenvalue weighted by atomic mass is 10.1. The molecule has 1 aromatic carbocycles. The fourth-order valence-corrected chi connectivity index (χ4v) is 1.97. The number of hydrogen-bond donors (Lipinski definition) is 1. The first-order chi connectivity index (χ1) is 8.65. The van der Waals surface area contributed by atoms with Gasteiger partial charge in [-0.3, -0.25) is 4.79 Å². The van der Waals surface area contributed by atoms with Crippen molar-refractivity contribution >= 4 is 11.6 Å². The SMILES string of the molecule is Cc1cccc(C(=O)NN=C2CCN(C)CC2)c1. The standard InChI is InChI=1S/C14H19N3O/c1-11-4-3-5-12(10-11)14(18)16-15-13-6-8-17(2)9-7-13/h3-5,10H,6-9H2,1-2H3,(H,16,18). The number of nitrogens with one attached hydrogen (secondary N) is 1. The van der Waals surface area contributed by atoms with Gasteiger partial charge in [0.25, 0.3) is 5.91 Å². The number of piperidine rings is 1. The van der Waals surface area contributed by atoms with Crippen LogP contribution in [0.15, 0.2) is 29.4 Å². The van der Waals surface area contributed by atoms with Gasteiger partial charge in [0.1, 0.15) is 0 Å². The number of amides is 1. The molecule has 18 heavy (non-hydrogen) atoms. The molecule has 0 aromatic heterocycles. The van der Waals surface area contributed by atoms with Gasteiger partial charge in [0, 0.05) is 37.2 Å². The van der Waals surface area contributed by atoms with Gasteiger partial charge in [-0.2, -0.15) is 5.10 Å². The molecule has 96 valence electrons. The average Bonchev–Trinajstić information content (AvgIpc) is 2.38. The zero-order valence-electron chi connectivity index (χ0n) is 10.9. The molecule has 1 fully saturated rings. The van der Waals surface area contributed by atoms with Gasteiger partial charge in [-0.1, -0.05) is 17.7 Å². The van der Waals surface area contributed by atoms with Crippen LogP contribution in [0.25, 0.3) is 0 Å². The highest BCUT2D eigenvalue weighted by molar-refractivity contribution is 5.95. The number of hydrazone groups is 1. The Morgan fingerprint density at radius 2 is 2.06 bits per heavy atom. The van der Waals surface area contributed by atoms with Gasteiger partial charge in [-0.25, -0.2) is 5.43 Å². The topological polar surface area (TPSA) is 44.7 Å². The number of nitrogens with zero attached hydrogens (tertiary/aromatic N) is 2. The molecule has 1 saturated heterocycles. The molecule has 0 aliphatic carbocycles. The van der Waals surface area contributed by atoms with Crippen LogP contribution in [-0.4, -0.2) is 36.7 Å². The lowest BCUT2D eigenvalue weighted by Gasteiger charge is -2.22. The summed E-state index contributed by atoms with van der Waals surface area (Å²) in [6.45, 7) is 4.00. The second-order valence-corrected chi connectivity index (χ2v) is 4.79. The Kier molecular flexibility index (Phi) is 4.10. The summed E-state index contributed by atoms with van der Waals surface area (Å²) in [6.07, 6.45) is 1.87. The number of rotatable bonds is 2. The van der Waals surface area contributed by atoms with Crippen molar-refractivity contribution in [2.75, 3.05) is 20.1 Å². The first-order valence-corrected chi connectivity index (χ1v) is 6.26. The van der Waals surface area contributed by atoms with Gasteiger partial charge < -0.3 is 4.90 Å². The summed E-state index contributed by atoms with van der Waals surface area (Å²) in [5, 5.41) is 4.21. The summed E-state index contributed by atoms with van der Waals surface area (Å²) >= 11 is 0. The Morgan fingerprint density at radius 1 is 1.33 bits per heavy atom. The Hall–Kier alpha value is -1.68. The highest BCUT2D eigenvalue weighted by Gasteiger charge is 2.12. The van der Waals surface area contributed by atoms with E-state index in [1.54, 1.807) is 6.07 Å². The molecule has 2 rings (SSSR count). The van der Waals surface area contributed by atoms with E-state index in [-0.39, 0.29) is 5.91 Å². The molecule has 1 heterocycles. The third kappa shape index (κ3) is 3.40. The van der Waals surface area contributed by atoms with E-state index in [0.717, 1.165) is 37.2 Å². The fourth-order valence-electron chi connectivity index (χ4n) is 1.97. The molecule has 1 N–H and O–H groups in total. The smallest absolute Gasteiger partial charge is 0.271 e. The zero-order valence-corrected chi connectivity index (χ0v) is 10.9. The fraction of sp³-hybridized carbons (Fsp3) is 0.429. The average molecular weight is 245 g/mol. The van der Waals surface area contributed by atoms with E-state index in [9.17, 15) is 4.79 Å². The maximum Gasteiger partial charge on any atom is 0.271 e. The van der Waals surface area contributed by atoms with E-state index in [0.29, 0.717) is 5.56 Å². The minimum absolute atomic E-state index is 0.134. The number of carbonyl (C=O) groups is 1. The molecule has 0 unspecified atom stereocenters. The quantitative estimate of drug-likeness (QED) is 0.808. The van der Waals surface area contributed by atoms with Gasteiger partial charge in [0.15, 0.2) is 0 Å². The first-order valence-electron chi connectivity index (χ1n) is 6.26. The molecule has 1 aliphatic heterocycles. The summed E-state index contributed by atoms with van der Waals surface area (Å²) in [5.74, 6) is -0.134. The molecule has 4 nitrogen and oxygen atoms in total. The monoisotopic (exact) mass is 245 g/mol. The summed E-state index contributed by atoms with van der Waals surface area (Å²) in [7, 11) is 2.10. The Bertz CT molecular complexity index is 458. The van der Waals surface area contributed by atoms with Crippen molar-refractivity contribution in [1.82, 2.24) is 10.3 Å². The van der Waals surface area contributed by atoms with Crippen molar-refractivity contribution in [2.24, 2.45) is 5.10 Å². The molecule has 4 heteroatoms. The maximum absolute atomic E-state index is 11.9. The molecule has 0 atom stereocenters. The van der Waals surface area contributed by atoms with Gasteiger partial charge in [-0.05, 0) is 26.1 Å². The number of likely N-dealkylation sites (tertiary alicyclic amines) is 1. The summed E-state index contributed by atoms with van der Waals surface area (Å²) in [5.41, 5.74) is 5.46. The molecule has 0 spiro atoms. The summed E-state index contributed by atoms with van der Waals surface area (Å²) < 4.78 is 0. The Morgan fingerprint density at radius 3 is 2.72 bits per heavy atom. The second-order valence-electron chi connectivity index (χ2n) is 4.79. The van der Waals surface area contributed by atoms with Crippen molar-refractivity contribution in [1.29, 1.82) is 0 Å².